The molecule has 2 rings (SSSR count). The van der Waals surface area contributed by atoms with Gasteiger partial charge in [-0.2, -0.15) is 13.2 Å². The van der Waals surface area contributed by atoms with Gasteiger partial charge in [-0.15, -0.1) is 5.10 Å². The van der Waals surface area contributed by atoms with E-state index in [4.69, 9.17) is 0 Å². The Bertz CT molecular complexity index is 520. The summed E-state index contributed by atoms with van der Waals surface area (Å²) in [5.74, 6) is -1.15. The average molecular weight is 345 g/mol. The maximum Gasteiger partial charge on any atom is 0.453 e. The molecule has 0 saturated carbocycles. The number of fused-ring (bicyclic) bond motifs is 1. The van der Waals surface area contributed by atoms with Crippen molar-refractivity contribution in [3.05, 3.63) is 27.0 Å². The van der Waals surface area contributed by atoms with E-state index in [1.165, 1.54) is 6.20 Å². The molecular formula is C7H2Br2F3N3. The Morgan fingerprint density at radius 3 is 2.53 bits per heavy atom. The van der Waals surface area contributed by atoms with Gasteiger partial charge in [-0.3, -0.25) is 0 Å². The lowest BCUT2D eigenvalue weighted by atomic mass is 10.5. The highest BCUT2D eigenvalue weighted by molar-refractivity contribution is 9.11. The van der Waals surface area contributed by atoms with E-state index in [1.807, 2.05) is 0 Å². The Labute approximate surface area is 98.6 Å². The molecule has 0 radical (unpaired) electrons. The molecule has 0 aliphatic heterocycles. The Hall–Kier alpha value is -0.630. The zero-order valence-electron chi connectivity index (χ0n) is 6.89. The third-order valence-corrected chi connectivity index (χ3v) is 2.63. The molecule has 0 bridgehead atoms. The smallest absolute Gasteiger partial charge is 0.218 e. The van der Waals surface area contributed by atoms with Crippen molar-refractivity contribution in [3.63, 3.8) is 0 Å². The van der Waals surface area contributed by atoms with E-state index in [9.17, 15) is 13.2 Å². The van der Waals surface area contributed by atoms with Gasteiger partial charge in [-0.25, -0.2) is 9.50 Å². The summed E-state index contributed by atoms with van der Waals surface area (Å²) in [6.45, 7) is 0. The van der Waals surface area contributed by atoms with Gasteiger partial charge in [0.1, 0.15) is 0 Å². The Morgan fingerprint density at radius 2 is 1.93 bits per heavy atom. The van der Waals surface area contributed by atoms with Crippen LogP contribution in [0, 0.1) is 0 Å². The van der Waals surface area contributed by atoms with Crippen molar-refractivity contribution in [2.24, 2.45) is 0 Å². The van der Waals surface area contributed by atoms with Crippen molar-refractivity contribution >= 4 is 37.5 Å². The van der Waals surface area contributed by atoms with Gasteiger partial charge in [0, 0.05) is 10.7 Å². The quantitative estimate of drug-likeness (QED) is 0.734. The highest BCUT2D eigenvalue weighted by Crippen LogP contribution is 2.29. The van der Waals surface area contributed by atoms with E-state index in [1.54, 1.807) is 6.07 Å². The lowest BCUT2D eigenvalue weighted by molar-refractivity contribution is -0.144. The number of pyridine rings is 1. The van der Waals surface area contributed by atoms with Crippen molar-refractivity contribution in [1.82, 2.24) is 14.6 Å². The summed E-state index contributed by atoms with van der Waals surface area (Å²) in [5, 5.41) is 3.33. The molecule has 2 aromatic rings. The fraction of sp³-hybridized carbons (Fsp3) is 0.143. The van der Waals surface area contributed by atoms with E-state index in [2.05, 4.69) is 41.9 Å². The van der Waals surface area contributed by atoms with Crippen molar-refractivity contribution in [3.8, 4) is 0 Å². The Morgan fingerprint density at radius 1 is 1.27 bits per heavy atom. The number of rotatable bonds is 0. The minimum absolute atomic E-state index is 0.130. The number of aromatic nitrogens is 3. The minimum Gasteiger partial charge on any atom is -0.218 e. The largest absolute Gasteiger partial charge is 0.453 e. The highest BCUT2D eigenvalue weighted by Gasteiger charge is 2.36. The number of nitrogens with zero attached hydrogens (tertiary/aromatic N) is 3. The molecule has 0 aliphatic carbocycles. The third kappa shape index (κ3) is 2.00. The maximum atomic E-state index is 12.3. The van der Waals surface area contributed by atoms with Gasteiger partial charge in [0.05, 0.1) is 4.47 Å². The molecule has 0 unspecified atom stereocenters. The molecule has 2 heterocycles. The van der Waals surface area contributed by atoms with E-state index in [0.717, 1.165) is 4.52 Å². The molecule has 0 spiro atoms. The molecule has 0 amide bonds. The molecule has 0 fully saturated rings. The molecule has 0 aromatic carbocycles. The summed E-state index contributed by atoms with van der Waals surface area (Å²) < 4.78 is 39.0. The van der Waals surface area contributed by atoms with E-state index < -0.39 is 12.0 Å². The first-order valence-electron chi connectivity index (χ1n) is 3.66. The van der Waals surface area contributed by atoms with Crippen LogP contribution in [0.25, 0.3) is 5.65 Å². The second-order valence-corrected chi connectivity index (χ2v) is 4.48. The lowest BCUT2D eigenvalue weighted by Crippen LogP contribution is -2.07. The standard InChI is InChI=1S/C7H2Br2F3N3/c8-3-1-4(9)5-13-6(7(10,11)12)14-15(5)2-3/h1-2H. The molecule has 2 aromatic heterocycles. The highest BCUT2D eigenvalue weighted by atomic mass is 79.9. The molecule has 80 valence electrons. The Balaban J connectivity index is 2.71. The number of hydrogen-bond donors (Lipinski definition) is 0. The average Bonchev–Trinajstić information content (AvgIpc) is 2.46. The van der Waals surface area contributed by atoms with Crippen LogP contribution < -0.4 is 0 Å². The van der Waals surface area contributed by atoms with Crippen LogP contribution in [-0.2, 0) is 6.18 Å². The molecule has 0 saturated heterocycles. The summed E-state index contributed by atoms with van der Waals surface area (Å²) in [6.07, 6.45) is -3.12. The number of halogens is 5. The summed E-state index contributed by atoms with van der Waals surface area (Å²) in [5.41, 5.74) is 0.130. The topological polar surface area (TPSA) is 30.2 Å². The first kappa shape index (κ1) is 10.9. The lowest BCUT2D eigenvalue weighted by Gasteiger charge is -1.96. The fourth-order valence-corrected chi connectivity index (χ4v) is 2.28. The molecule has 8 heteroatoms. The first-order valence-corrected chi connectivity index (χ1v) is 5.25. The van der Waals surface area contributed by atoms with Crippen LogP contribution in [-0.4, -0.2) is 14.6 Å². The summed E-state index contributed by atoms with van der Waals surface area (Å²) in [4.78, 5) is 3.38. The van der Waals surface area contributed by atoms with Crippen LogP contribution in [0.2, 0.25) is 0 Å². The van der Waals surface area contributed by atoms with Gasteiger partial charge >= 0.3 is 6.18 Å². The van der Waals surface area contributed by atoms with E-state index >= 15 is 0 Å². The summed E-state index contributed by atoms with van der Waals surface area (Å²) >= 11 is 6.25. The van der Waals surface area contributed by atoms with Gasteiger partial charge in [0.15, 0.2) is 5.65 Å². The van der Waals surface area contributed by atoms with Crippen LogP contribution in [0.3, 0.4) is 0 Å². The van der Waals surface area contributed by atoms with Gasteiger partial charge in [-0.1, -0.05) is 0 Å². The molecule has 0 aliphatic rings. The second-order valence-electron chi connectivity index (χ2n) is 2.71. The zero-order valence-corrected chi connectivity index (χ0v) is 10.1. The van der Waals surface area contributed by atoms with Gasteiger partial charge < -0.3 is 0 Å². The SMILES string of the molecule is FC(F)(F)c1nc2c(Br)cc(Br)cn2n1. The van der Waals surface area contributed by atoms with Crippen molar-refractivity contribution in [2.45, 2.75) is 6.18 Å². The molecular weight excluding hydrogens is 343 g/mol. The molecule has 3 nitrogen and oxygen atoms in total. The van der Waals surface area contributed by atoms with Crippen LogP contribution >= 0.6 is 31.9 Å². The van der Waals surface area contributed by atoms with E-state index in [-0.39, 0.29) is 5.65 Å². The molecule has 0 N–H and O–H groups in total. The third-order valence-electron chi connectivity index (χ3n) is 1.61. The van der Waals surface area contributed by atoms with Crippen LogP contribution in [0.15, 0.2) is 21.2 Å². The van der Waals surface area contributed by atoms with Crippen molar-refractivity contribution in [2.75, 3.05) is 0 Å². The van der Waals surface area contributed by atoms with Crippen LogP contribution in [0.5, 0.6) is 0 Å². The predicted octanol–water partition coefficient (Wildman–Crippen LogP) is 3.27. The number of hydrogen-bond acceptors (Lipinski definition) is 2. The maximum absolute atomic E-state index is 12.3. The fourth-order valence-electron chi connectivity index (χ4n) is 1.04. The summed E-state index contributed by atoms with van der Waals surface area (Å²) in [7, 11) is 0. The minimum atomic E-state index is -4.53. The van der Waals surface area contributed by atoms with Crippen LogP contribution in [0.1, 0.15) is 5.82 Å². The Kier molecular flexibility index (Phi) is 2.50. The molecule has 0 atom stereocenters. The number of alkyl halides is 3. The zero-order chi connectivity index (χ0) is 11.2. The van der Waals surface area contributed by atoms with E-state index in [0.29, 0.717) is 8.95 Å². The van der Waals surface area contributed by atoms with Crippen molar-refractivity contribution < 1.29 is 13.2 Å². The second kappa shape index (κ2) is 3.44. The van der Waals surface area contributed by atoms with Gasteiger partial charge in [-0.05, 0) is 37.9 Å². The predicted molar refractivity (Wildman–Crippen MR) is 53.4 cm³/mol. The monoisotopic (exact) mass is 343 g/mol. The molecule has 15 heavy (non-hydrogen) atoms. The van der Waals surface area contributed by atoms with Crippen molar-refractivity contribution in [1.29, 1.82) is 0 Å². The summed E-state index contributed by atoms with van der Waals surface area (Å²) in [6, 6.07) is 1.60. The van der Waals surface area contributed by atoms with Crippen LogP contribution in [0.4, 0.5) is 13.2 Å². The van der Waals surface area contributed by atoms with Gasteiger partial charge in [0.2, 0.25) is 0 Å². The van der Waals surface area contributed by atoms with Gasteiger partial charge in [0.25, 0.3) is 5.82 Å². The first-order chi connectivity index (χ1) is 6.88. The normalized spacial score (nSPS) is 12.3.